The van der Waals surface area contributed by atoms with Crippen molar-refractivity contribution in [1.29, 1.82) is 0 Å². The molecule has 0 spiro atoms. The Labute approximate surface area is 108 Å². The Morgan fingerprint density at radius 1 is 1.53 bits per heavy atom. The van der Waals surface area contributed by atoms with Crippen LogP contribution in [0, 0.1) is 0 Å². The molecule has 17 heavy (non-hydrogen) atoms. The maximum absolute atomic E-state index is 5.18. The van der Waals surface area contributed by atoms with Gasteiger partial charge in [0.2, 0.25) is 5.89 Å². The van der Waals surface area contributed by atoms with Crippen LogP contribution < -0.4 is 5.32 Å². The third kappa shape index (κ3) is 3.94. The first-order valence-electron chi connectivity index (χ1n) is 6.06. The molecular formula is C11H21ClN4O. The SMILES string of the molecule is CCCc1nc(CN2CCNCC2C)no1.Cl. The highest BCUT2D eigenvalue weighted by Crippen LogP contribution is 2.08. The summed E-state index contributed by atoms with van der Waals surface area (Å²) >= 11 is 0. The summed E-state index contributed by atoms with van der Waals surface area (Å²) in [6, 6.07) is 0.543. The molecule has 1 N–H and O–H groups in total. The lowest BCUT2D eigenvalue weighted by Gasteiger charge is -2.32. The van der Waals surface area contributed by atoms with Crippen molar-refractivity contribution in [2.24, 2.45) is 0 Å². The van der Waals surface area contributed by atoms with Crippen LogP contribution in [-0.4, -0.2) is 40.7 Å². The van der Waals surface area contributed by atoms with Crippen molar-refractivity contribution < 1.29 is 4.52 Å². The molecule has 0 bridgehead atoms. The normalized spacial score (nSPS) is 21.2. The van der Waals surface area contributed by atoms with Crippen molar-refractivity contribution in [3.05, 3.63) is 11.7 Å². The highest BCUT2D eigenvalue weighted by molar-refractivity contribution is 5.85. The Morgan fingerprint density at radius 2 is 2.35 bits per heavy atom. The number of piperazine rings is 1. The van der Waals surface area contributed by atoms with Gasteiger partial charge in [0.05, 0.1) is 6.54 Å². The van der Waals surface area contributed by atoms with E-state index < -0.39 is 0 Å². The van der Waals surface area contributed by atoms with E-state index in [9.17, 15) is 0 Å². The zero-order chi connectivity index (χ0) is 11.4. The van der Waals surface area contributed by atoms with E-state index in [1.165, 1.54) is 0 Å². The Balaban J connectivity index is 0.00000144. The number of halogens is 1. The molecule has 0 aliphatic carbocycles. The van der Waals surface area contributed by atoms with Gasteiger partial charge in [0.25, 0.3) is 0 Å². The predicted octanol–water partition coefficient (Wildman–Crippen LogP) is 1.24. The molecule has 1 aliphatic heterocycles. The van der Waals surface area contributed by atoms with Gasteiger partial charge >= 0.3 is 0 Å². The Morgan fingerprint density at radius 3 is 3.06 bits per heavy atom. The molecule has 0 radical (unpaired) electrons. The Kier molecular flexibility index (Phi) is 5.88. The number of hydrogen-bond donors (Lipinski definition) is 1. The summed E-state index contributed by atoms with van der Waals surface area (Å²) in [6.45, 7) is 8.28. The van der Waals surface area contributed by atoms with Crippen LogP contribution in [0.2, 0.25) is 0 Å². The summed E-state index contributed by atoms with van der Waals surface area (Å²) in [5.74, 6) is 1.58. The fraction of sp³-hybridized carbons (Fsp3) is 0.818. The number of rotatable bonds is 4. The van der Waals surface area contributed by atoms with Gasteiger partial charge in [-0.05, 0) is 13.3 Å². The zero-order valence-electron chi connectivity index (χ0n) is 10.5. The highest BCUT2D eigenvalue weighted by Gasteiger charge is 2.19. The van der Waals surface area contributed by atoms with Crippen molar-refractivity contribution in [1.82, 2.24) is 20.4 Å². The molecule has 0 saturated carbocycles. The number of nitrogens with zero attached hydrogens (tertiary/aromatic N) is 3. The van der Waals surface area contributed by atoms with Crippen molar-refractivity contribution in [2.45, 2.75) is 39.3 Å². The summed E-state index contributed by atoms with van der Waals surface area (Å²) in [5.41, 5.74) is 0. The van der Waals surface area contributed by atoms with E-state index in [1.54, 1.807) is 0 Å². The van der Waals surface area contributed by atoms with Crippen LogP contribution >= 0.6 is 12.4 Å². The van der Waals surface area contributed by atoms with Crippen LogP contribution in [-0.2, 0) is 13.0 Å². The summed E-state index contributed by atoms with van der Waals surface area (Å²) in [7, 11) is 0. The lowest BCUT2D eigenvalue weighted by Crippen LogP contribution is -2.49. The molecule has 1 atom stereocenters. The van der Waals surface area contributed by atoms with Gasteiger partial charge in [0, 0.05) is 32.1 Å². The van der Waals surface area contributed by atoms with E-state index in [2.05, 4.69) is 34.2 Å². The quantitative estimate of drug-likeness (QED) is 0.883. The molecule has 1 aliphatic rings. The van der Waals surface area contributed by atoms with Gasteiger partial charge in [-0.15, -0.1) is 12.4 Å². The van der Waals surface area contributed by atoms with Crippen LogP contribution in [0.5, 0.6) is 0 Å². The number of nitrogens with one attached hydrogen (secondary N) is 1. The van der Waals surface area contributed by atoms with Crippen LogP contribution in [0.25, 0.3) is 0 Å². The van der Waals surface area contributed by atoms with Crippen molar-refractivity contribution in [3.8, 4) is 0 Å². The standard InChI is InChI=1S/C11H20N4O.ClH/c1-3-4-11-13-10(14-16-11)8-15-6-5-12-7-9(15)2;/h9,12H,3-8H2,1-2H3;1H. The summed E-state index contributed by atoms with van der Waals surface area (Å²) in [6.07, 6.45) is 1.93. The average Bonchev–Trinajstić information content (AvgIpc) is 2.70. The Hall–Kier alpha value is -0.650. The van der Waals surface area contributed by atoms with Crippen LogP contribution in [0.15, 0.2) is 4.52 Å². The van der Waals surface area contributed by atoms with E-state index in [4.69, 9.17) is 4.52 Å². The average molecular weight is 261 g/mol. The minimum Gasteiger partial charge on any atom is -0.339 e. The van der Waals surface area contributed by atoms with E-state index in [0.717, 1.165) is 50.7 Å². The summed E-state index contributed by atoms with van der Waals surface area (Å²) < 4.78 is 5.18. The maximum Gasteiger partial charge on any atom is 0.226 e. The van der Waals surface area contributed by atoms with Gasteiger partial charge in [-0.25, -0.2) is 0 Å². The molecule has 2 heterocycles. The molecule has 0 amide bonds. The monoisotopic (exact) mass is 260 g/mol. The summed E-state index contributed by atoms with van der Waals surface area (Å²) in [5, 5.41) is 7.39. The number of hydrogen-bond acceptors (Lipinski definition) is 5. The smallest absolute Gasteiger partial charge is 0.226 e. The molecule has 1 aromatic rings. The van der Waals surface area contributed by atoms with Crippen LogP contribution in [0.3, 0.4) is 0 Å². The molecule has 0 aromatic carbocycles. The van der Waals surface area contributed by atoms with Crippen LogP contribution in [0.4, 0.5) is 0 Å². The van der Waals surface area contributed by atoms with E-state index in [0.29, 0.717) is 6.04 Å². The molecule has 1 unspecified atom stereocenters. The largest absolute Gasteiger partial charge is 0.339 e. The van der Waals surface area contributed by atoms with E-state index >= 15 is 0 Å². The highest BCUT2D eigenvalue weighted by atomic mass is 35.5. The molecule has 5 nitrogen and oxygen atoms in total. The van der Waals surface area contributed by atoms with Crippen molar-refractivity contribution in [2.75, 3.05) is 19.6 Å². The third-order valence-electron chi connectivity index (χ3n) is 2.96. The third-order valence-corrected chi connectivity index (χ3v) is 2.96. The van der Waals surface area contributed by atoms with Gasteiger partial charge in [-0.1, -0.05) is 12.1 Å². The molecule has 6 heteroatoms. The maximum atomic E-state index is 5.18. The molecule has 1 saturated heterocycles. The van der Waals surface area contributed by atoms with Crippen LogP contribution in [0.1, 0.15) is 32.0 Å². The van der Waals surface area contributed by atoms with E-state index in [-0.39, 0.29) is 12.4 Å². The summed E-state index contributed by atoms with van der Waals surface area (Å²) in [4.78, 5) is 6.77. The van der Waals surface area contributed by atoms with Gasteiger partial charge in [0.1, 0.15) is 0 Å². The van der Waals surface area contributed by atoms with Crippen molar-refractivity contribution in [3.63, 3.8) is 0 Å². The minimum atomic E-state index is 0. The second kappa shape index (κ2) is 6.93. The number of aromatic nitrogens is 2. The molecule has 1 aromatic heterocycles. The zero-order valence-corrected chi connectivity index (χ0v) is 11.3. The second-order valence-corrected chi connectivity index (χ2v) is 4.38. The lowest BCUT2D eigenvalue weighted by molar-refractivity contribution is 0.160. The second-order valence-electron chi connectivity index (χ2n) is 4.38. The van der Waals surface area contributed by atoms with Gasteiger partial charge in [-0.3, -0.25) is 4.90 Å². The van der Waals surface area contributed by atoms with Gasteiger partial charge in [-0.2, -0.15) is 4.98 Å². The molecular weight excluding hydrogens is 240 g/mol. The molecule has 2 rings (SSSR count). The fourth-order valence-electron chi connectivity index (χ4n) is 1.97. The minimum absolute atomic E-state index is 0. The number of aryl methyl sites for hydroxylation is 1. The molecule has 98 valence electrons. The lowest BCUT2D eigenvalue weighted by atomic mass is 10.2. The fourth-order valence-corrected chi connectivity index (χ4v) is 1.97. The van der Waals surface area contributed by atoms with Gasteiger partial charge < -0.3 is 9.84 Å². The Bertz CT molecular complexity index is 331. The first kappa shape index (κ1) is 14.4. The first-order chi connectivity index (χ1) is 7.79. The predicted molar refractivity (Wildman–Crippen MR) is 68.3 cm³/mol. The first-order valence-corrected chi connectivity index (χ1v) is 6.06. The topological polar surface area (TPSA) is 54.2 Å². The van der Waals surface area contributed by atoms with Gasteiger partial charge in [0.15, 0.2) is 5.82 Å². The van der Waals surface area contributed by atoms with E-state index in [1.807, 2.05) is 0 Å². The molecule has 1 fully saturated rings. The van der Waals surface area contributed by atoms with Crippen molar-refractivity contribution >= 4 is 12.4 Å².